The summed E-state index contributed by atoms with van der Waals surface area (Å²) >= 11 is 6.33. The van der Waals surface area contributed by atoms with Crippen molar-refractivity contribution < 1.29 is 14.3 Å². The topological polar surface area (TPSA) is 95.6 Å². The predicted molar refractivity (Wildman–Crippen MR) is 124 cm³/mol. The van der Waals surface area contributed by atoms with Crippen molar-refractivity contribution >= 4 is 28.8 Å². The molecule has 1 aromatic carbocycles. The van der Waals surface area contributed by atoms with Crippen molar-refractivity contribution in [3.8, 4) is 17.0 Å². The molecule has 3 aromatic heterocycles. The zero-order chi connectivity index (χ0) is 22.8. The van der Waals surface area contributed by atoms with E-state index >= 15 is 0 Å². The summed E-state index contributed by atoms with van der Waals surface area (Å²) in [6.07, 6.45) is 8.45. The molecule has 0 spiro atoms. The van der Waals surface area contributed by atoms with Crippen molar-refractivity contribution in [3.05, 3.63) is 59.6 Å². The Hall–Kier alpha value is -3.43. The van der Waals surface area contributed by atoms with E-state index in [2.05, 4.69) is 20.5 Å². The second kappa shape index (κ2) is 9.21. The number of carbonyl (C=O) groups is 1. The van der Waals surface area contributed by atoms with Gasteiger partial charge >= 0.3 is 0 Å². The smallest absolute Gasteiger partial charge is 0.261 e. The van der Waals surface area contributed by atoms with Crippen molar-refractivity contribution in [1.82, 2.24) is 24.4 Å². The van der Waals surface area contributed by atoms with Crippen LogP contribution in [0.1, 0.15) is 23.2 Å². The SMILES string of the molecule is COc1ccc(Cl)cc1-c1c(NC(=O)c2cnn3cccnc23)cnn1CC1CCOCC1. The van der Waals surface area contributed by atoms with Crippen LogP contribution >= 0.6 is 11.6 Å². The van der Waals surface area contributed by atoms with Gasteiger partial charge in [0.1, 0.15) is 11.3 Å². The summed E-state index contributed by atoms with van der Waals surface area (Å²) in [6.45, 7) is 2.18. The van der Waals surface area contributed by atoms with Gasteiger partial charge in [0.25, 0.3) is 5.91 Å². The molecule has 170 valence electrons. The number of aromatic nitrogens is 5. The number of nitrogens with zero attached hydrogens (tertiary/aromatic N) is 5. The van der Waals surface area contributed by atoms with Crippen LogP contribution in [-0.2, 0) is 11.3 Å². The second-order valence-corrected chi connectivity index (χ2v) is 8.33. The van der Waals surface area contributed by atoms with Crippen LogP contribution in [0.15, 0.2) is 49.1 Å². The molecule has 10 heteroatoms. The van der Waals surface area contributed by atoms with Crippen LogP contribution in [0.2, 0.25) is 5.02 Å². The maximum absolute atomic E-state index is 13.2. The molecule has 0 bridgehead atoms. The Kier molecular flexibility index (Phi) is 5.97. The normalized spacial score (nSPS) is 14.5. The lowest BCUT2D eigenvalue weighted by Crippen LogP contribution is -2.21. The van der Waals surface area contributed by atoms with Crippen LogP contribution in [0.25, 0.3) is 16.9 Å². The van der Waals surface area contributed by atoms with Crippen LogP contribution in [0.4, 0.5) is 5.69 Å². The Morgan fingerprint density at radius 1 is 1.27 bits per heavy atom. The summed E-state index contributed by atoms with van der Waals surface area (Å²) < 4.78 is 14.6. The van der Waals surface area contributed by atoms with Crippen LogP contribution in [0.3, 0.4) is 0 Å². The summed E-state index contributed by atoms with van der Waals surface area (Å²) in [5.74, 6) is 0.743. The van der Waals surface area contributed by atoms with Gasteiger partial charge in [0.15, 0.2) is 5.65 Å². The molecule has 0 radical (unpaired) electrons. The average molecular weight is 467 g/mol. The molecule has 1 N–H and O–H groups in total. The highest BCUT2D eigenvalue weighted by Crippen LogP contribution is 2.38. The van der Waals surface area contributed by atoms with Crippen molar-refractivity contribution in [1.29, 1.82) is 0 Å². The summed E-state index contributed by atoms with van der Waals surface area (Å²) in [5.41, 5.74) is 2.90. The third kappa shape index (κ3) is 4.29. The van der Waals surface area contributed by atoms with Crippen molar-refractivity contribution in [2.45, 2.75) is 19.4 Å². The van der Waals surface area contributed by atoms with Gasteiger partial charge in [-0.15, -0.1) is 0 Å². The first-order valence-corrected chi connectivity index (χ1v) is 11.1. The molecule has 33 heavy (non-hydrogen) atoms. The molecule has 1 amide bonds. The number of amides is 1. The molecule has 0 atom stereocenters. The van der Waals surface area contributed by atoms with E-state index in [0.717, 1.165) is 37.3 Å². The molecular weight excluding hydrogens is 444 g/mol. The Balaban J connectivity index is 1.54. The predicted octanol–water partition coefficient (Wildman–Crippen LogP) is 3.93. The van der Waals surface area contributed by atoms with Gasteiger partial charge in [0, 0.05) is 42.7 Å². The Morgan fingerprint density at radius 3 is 2.94 bits per heavy atom. The summed E-state index contributed by atoms with van der Waals surface area (Å²) in [5, 5.41) is 12.4. The van der Waals surface area contributed by atoms with E-state index in [9.17, 15) is 4.79 Å². The summed E-state index contributed by atoms with van der Waals surface area (Å²) in [6, 6.07) is 7.16. The number of methoxy groups -OCH3 is 1. The highest BCUT2D eigenvalue weighted by Gasteiger charge is 2.24. The van der Waals surface area contributed by atoms with Crippen LogP contribution in [0.5, 0.6) is 5.75 Å². The van der Waals surface area contributed by atoms with Gasteiger partial charge < -0.3 is 14.8 Å². The lowest BCUT2D eigenvalue weighted by Gasteiger charge is -2.23. The minimum atomic E-state index is -0.323. The van der Waals surface area contributed by atoms with Crippen molar-refractivity contribution in [2.24, 2.45) is 5.92 Å². The molecule has 1 aliphatic heterocycles. The zero-order valence-electron chi connectivity index (χ0n) is 18.1. The maximum Gasteiger partial charge on any atom is 0.261 e. The fourth-order valence-electron chi connectivity index (χ4n) is 4.12. The van der Waals surface area contributed by atoms with E-state index in [-0.39, 0.29) is 5.91 Å². The first-order chi connectivity index (χ1) is 16.1. The van der Waals surface area contributed by atoms with E-state index in [1.54, 1.807) is 42.3 Å². The number of hydrogen-bond acceptors (Lipinski definition) is 6. The molecule has 5 rings (SSSR count). The molecule has 1 fully saturated rings. The zero-order valence-corrected chi connectivity index (χ0v) is 18.8. The first-order valence-electron chi connectivity index (χ1n) is 10.7. The Labute approximate surface area is 195 Å². The van der Waals surface area contributed by atoms with Gasteiger partial charge in [0.2, 0.25) is 0 Å². The van der Waals surface area contributed by atoms with Gasteiger partial charge in [-0.2, -0.15) is 10.2 Å². The molecule has 0 saturated carbocycles. The van der Waals surface area contributed by atoms with Gasteiger partial charge in [-0.3, -0.25) is 9.48 Å². The molecular formula is C23H23ClN6O3. The number of carbonyl (C=O) groups excluding carboxylic acids is 1. The highest BCUT2D eigenvalue weighted by molar-refractivity contribution is 6.31. The van der Waals surface area contributed by atoms with E-state index in [0.29, 0.717) is 40.1 Å². The fraction of sp³-hybridized carbons (Fsp3) is 0.304. The van der Waals surface area contributed by atoms with Gasteiger partial charge in [0.05, 0.1) is 30.9 Å². The second-order valence-electron chi connectivity index (χ2n) is 7.89. The number of nitrogens with one attached hydrogen (secondary N) is 1. The molecule has 1 saturated heterocycles. The fourth-order valence-corrected chi connectivity index (χ4v) is 4.29. The Morgan fingerprint density at radius 2 is 2.12 bits per heavy atom. The maximum atomic E-state index is 13.2. The number of hydrogen-bond donors (Lipinski definition) is 1. The molecule has 9 nitrogen and oxygen atoms in total. The van der Waals surface area contributed by atoms with Crippen molar-refractivity contribution in [3.63, 3.8) is 0 Å². The van der Waals surface area contributed by atoms with Gasteiger partial charge in [-0.25, -0.2) is 9.50 Å². The third-order valence-corrected chi connectivity index (χ3v) is 6.04. The number of ether oxygens (including phenoxy) is 2. The lowest BCUT2D eigenvalue weighted by atomic mass is 10.00. The van der Waals surface area contributed by atoms with Crippen LogP contribution in [0, 0.1) is 5.92 Å². The number of rotatable bonds is 6. The van der Waals surface area contributed by atoms with Crippen molar-refractivity contribution in [2.75, 3.05) is 25.6 Å². The van der Waals surface area contributed by atoms with E-state index < -0.39 is 0 Å². The minimum absolute atomic E-state index is 0.323. The molecule has 4 heterocycles. The summed E-state index contributed by atoms with van der Waals surface area (Å²) in [7, 11) is 1.61. The third-order valence-electron chi connectivity index (χ3n) is 5.80. The quantitative estimate of drug-likeness (QED) is 0.462. The monoisotopic (exact) mass is 466 g/mol. The molecule has 4 aromatic rings. The van der Waals surface area contributed by atoms with E-state index in [1.165, 1.54) is 6.20 Å². The van der Waals surface area contributed by atoms with Crippen LogP contribution < -0.4 is 10.1 Å². The number of fused-ring (bicyclic) bond motifs is 1. The first kappa shape index (κ1) is 21.4. The van der Waals surface area contributed by atoms with Gasteiger partial charge in [-0.1, -0.05) is 11.6 Å². The van der Waals surface area contributed by atoms with Gasteiger partial charge in [-0.05, 0) is 43.0 Å². The number of anilines is 1. The molecule has 0 aliphatic carbocycles. The number of benzene rings is 1. The lowest BCUT2D eigenvalue weighted by molar-refractivity contribution is 0.0603. The van der Waals surface area contributed by atoms with Crippen LogP contribution in [-0.4, -0.2) is 50.6 Å². The standard InChI is InChI=1S/C23H23ClN6O3/c1-32-20-4-3-16(24)11-17(20)21-19(13-27-30(21)14-15-5-9-33-10-6-15)28-23(31)18-12-26-29-8-2-7-25-22(18)29/h2-4,7-8,11-13,15H,5-6,9-10,14H2,1H3,(H,28,31). The summed E-state index contributed by atoms with van der Waals surface area (Å²) in [4.78, 5) is 17.5. The molecule has 1 aliphatic rings. The highest BCUT2D eigenvalue weighted by atomic mass is 35.5. The average Bonchev–Trinajstić information content (AvgIpc) is 3.44. The number of halogens is 1. The minimum Gasteiger partial charge on any atom is -0.496 e. The molecule has 0 unspecified atom stereocenters. The van der Waals surface area contributed by atoms with E-state index in [1.807, 2.05) is 16.8 Å². The largest absolute Gasteiger partial charge is 0.496 e. The Bertz CT molecular complexity index is 1290. The van der Waals surface area contributed by atoms with E-state index in [4.69, 9.17) is 21.1 Å².